The Kier molecular flexibility index (Phi) is 7.23. The number of methoxy groups -OCH3 is 1. The Bertz CT molecular complexity index is 715. The summed E-state index contributed by atoms with van der Waals surface area (Å²) in [5.41, 5.74) is 0.838. The highest BCUT2D eigenvalue weighted by Gasteiger charge is 2.33. The fraction of sp³-hybridized carbons (Fsp3) is 0.636. The molecule has 7 nitrogen and oxygen atoms in total. The average molecular weight is 405 g/mol. The summed E-state index contributed by atoms with van der Waals surface area (Å²) in [7, 11) is 1.49. The number of phenols is 1. The minimum atomic E-state index is -0.288. The smallest absolute Gasteiger partial charge is 0.410 e. The number of rotatable bonds is 6. The lowest BCUT2D eigenvalue weighted by atomic mass is 9.86. The molecule has 1 aromatic rings. The maximum absolute atomic E-state index is 12.5. The fourth-order valence-electron chi connectivity index (χ4n) is 4.18. The number of nitrogens with one attached hydrogen (secondary N) is 1. The van der Waals surface area contributed by atoms with Crippen molar-refractivity contribution in [2.45, 2.75) is 58.1 Å². The van der Waals surface area contributed by atoms with Crippen LogP contribution >= 0.6 is 0 Å². The summed E-state index contributed by atoms with van der Waals surface area (Å²) in [4.78, 5) is 26.6. The summed E-state index contributed by atoms with van der Waals surface area (Å²) >= 11 is 0. The van der Waals surface area contributed by atoms with Crippen LogP contribution in [0.2, 0.25) is 0 Å². The van der Waals surface area contributed by atoms with E-state index in [1.165, 1.54) is 13.5 Å². The van der Waals surface area contributed by atoms with Gasteiger partial charge in [0.15, 0.2) is 11.5 Å². The van der Waals surface area contributed by atoms with E-state index in [2.05, 4.69) is 12.2 Å². The Morgan fingerprint density at radius 3 is 2.66 bits per heavy atom. The molecule has 1 atom stereocenters. The molecular formula is C22H32N2O5. The lowest BCUT2D eigenvalue weighted by molar-refractivity contribution is -0.124. The maximum Gasteiger partial charge on any atom is 0.410 e. The molecule has 7 heteroatoms. The highest BCUT2D eigenvalue weighted by molar-refractivity contribution is 5.80. The molecule has 0 bridgehead atoms. The maximum atomic E-state index is 12.5. The minimum Gasteiger partial charge on any atom is -0.504 e. The van der Waals surface area contributed by atoms with Crippen molar-refractivity contribution in [2.75, 3.05) is 20.2 Å². The molecule has 2 aliphatic rings. The highest BCUT2D eigenvalue weighted by atomic mass is 16.6. The monoisotopic (exact) mass is 404 g/mol. The molecule has 1 aromatic carbocycles. The number of hydrogen-bond acceptors (Lipinski definition) is 5. The second kappa shape index (κ2) is 9.85. The van der Waals surface area contributed by atoms with Gasteiger partial charge >= 0.3 is 6.09 Å². The first-order valence-electron chi connectivity index (χ1n) is 10.6. The van der Waals surface area contributed by atoms with Gasteiger partial charge in [0.1, 0.15) is 6.10 Å². The normalized spacial score (nSPS) is 24.2. The Morgan fingerprint density at radius 2 is 1.97 bits per heavy atom. The first-order chi connectivity index (χ1) is 14.0. The summed E-state index contributed by atoms with van der Waals surface area (Å²) in [6.07, 6.45) is 5.70. The van der Waals surface area contributed by atoms with E-state index in [1.807, 2.05) is 0 Å². The first-order valence-corrected chi connectivity index (χ1v) is 10.6. The van der Waals surface area contributed by atoms with Crippen molar-refractivity contribution >= 4 is 12.0 Å². The molecule has 1 saturated carbocycles. The van der Waals surface area contributed by atoms with E-state index in [9.17, 15) is 14.7 Å². The van der Waals surface area contributed by atoms with Gasteiger partial charge in [-0.2, -0.15) is 0 Å². The van der Waals surface area contributed by atoms with Gasteiger partial charge in [-0.25, -0.2) is 4.79 Å². The molecule has 2 amide bonds. The zero-order valence-electron chi connectivity index (χ0n) is 17.4. The summed E-state index contributed by atoms with van der Waals surface area (Å²) in [6, 6.07) is 4.98. The number of carbonyl (C=O) groups is 2. The van der Waals surface area contributed by atoms with Crippen LogP contribution in [0.15, 0.2) is 18.2 Å². The second-order valence-corrected chi connectivity index (χ2v) is 8.09. The van der Waals surface area contributed by atoms with Crippen LogP contribution in [0.25, 0.3) is 0 Å². The van der Waals surface area contributed by atoms with Crippen molar-refractivity contribution in [3.05, 3.63) is 23.8 Å². The van der Waals surface area contributed by atoms with Crippen LogP contribution in [0.4, 0.5) is 4.79 Å². The predicted molar refractivity (Wildman–Crippen MR) is 109 cm³/mol. The number of nitrogens with zero attached hydrogens (tertiary/aromatic N) is 1. The van der Waals surface area contributed by atoms with Gasteiger partial charge in [-0.05, 0) is 55.7 Å². The molecule has 1 aliphatic carbocycles. The largest absolute Gasteiger partial charge is 0.504 e. The van der Waals surface area contributed by atoms with E-state index in [0.29, 0.717) is 31.8 Å². The Hall–Kier alpha value is -2.44. The molecule has 0 spiro atoms. The molecule has 160 valence electrons. The molecule has 1 saturated heterocycles. The molecule has 0 unspecified atom stereocenters. The van der Waals surface area contributed by atoms with Crippen LogP contribution in [0.1, 0.15) is 51.0 Å². The third-order valence-electron chi connectivity index (χ3n) is 6.17. The fourth-order valence-corrected chi connectivity index (χ4v) is 4.18. The Labute approximate surface area is 172 Å². The second-order valence-electron chi connectivity index (χ2n) is 8.09. The van der Waals surface area contributed by atoms with Crippen molar-refractivity contribution < 1.29 is 24.2 Å². The molecule has 3 rings (SSSR count). The molecular weight excluding hydrogens is 372 g/mol. The van der Waals surface area contributed by atoms with E-state index >= 15 is 0 Å². The first kappa shape index (κ1) is 21.3. The van der Waals surface area contributed by atoms with Crippen LogP contribution in [-0.2, 0) is 16.1 Å². The molecule has 0 radical (unpaired) electrons. The third kappa shape index (κ3) is 5.55. The number of amides is 2. The van der Waals surface area contributed by atoms with Crippen molar-refractivity contribution in [1.82, 2.24) is 10.2 Å². The van der Waals surface area contributed by atoms with E-state index in [4.69, 9.17) is 9.47 Å². The van der Waals surface area contributed by atoms with Gasteiger partial charge in [0, 0.05) is 19.6 Å². The summed E-state index contributed by atoms with van der Waals surface area (Å²) in [5, 5.41) is 12.6. The third-order valence-corrected chi connectivity index (χ3v) is 6.17. The van der Waals surface area contributed by atoms with Gasteiger partial charge in [0.25, 0.3) is 0 Å². The number of ether oxygens (including phenoxy) is 2. The number of aromatic hydroxyl groups is 1. The lowest BCUT2D eigenvalue weighted by Gasteiger charge is -2.29. The van der Waals surface area contributed by atoms with Gasteiger partial charge in [0.05, 0.1) is 13.0 Å². The van der Waals surface area contributed by atoms with Crippen LogP contribution in [0.5, 0.6) is 11.5 Å². The highest BCUT2D eigenvalue weighted by Crippen LogP contribution is 2.29. The van der Waals surface area contributed by atoms with Gasteiger partial charge in [-0.15, -0.1) is 0 Å². The number of carbonyl (C=O) groups excluding carboxylic acids is 2. The molecule has 1 aliphatic heterocycles. The van der Waals surface area contributed by atoms with Crippen LogP contribution < -0.4 is 10.1 Å². The van der Waals surface area contributed by atoms with Crippen LogP contribution in [0, 0.1) is 11.8 Å². The number of hydrogen-bond donors (Lipinski definition) is 2. The molecule has 2 fully saturated rings. The van der Waals surface area contributed by atoms with Gasteiger partial charge in [0.2, 0.25) is 5.91 Å². The number of benzene rings is 1. The quantitative estimate of drug-likeness (QED) is 0.758. The van der Waals surface area contributed by atoms with Crippen molar-refractivity contribution in [3.63, 3.8) is 0 Å². The Balaban J connectivity index is 1.42. The zero-order chi connectivity index (χ0) is 20.8. The van der Waals surface area contributed by atoms with Gasteiger partial charge in [-0.1, -0.05) is 19.4 Å². The predicted octanol–water partition coefficient (Wildman–Crippen LogP) is 3.44. The summed E-state index contributed by atoms with van der Waals surface area (Å²) < 4.78 is 10.8. The van der Waals surface area contributed by atoms with Gasteiger partial charge in [-0.3, -0.25) is 4.79 Å². The van der Waals surface area contributed by atoms with Crippen LogP contribution in [-0.4, -0.2) is 48.3 Å². The zero-order valence-corrected chi connectivity index (χ0v) is 17.4. The standard InChI is InChI=1S/C22H32N2O5/c1-3-15-4-7-18(8-5-15)29-22(27)24-11-10-17(14-24)21(26)23-13-16-6-9-19(25)20(12-16)28-2/h6,9,12,15,17-18,25H,3-5,7-8,10-11,13-14H2,1-2H3,(H,23,26)/t15?,17-,18?/m0/s1. The summed E-state index contributed by atoms with van der Waals surface area (Å²) in [5.74, 6) is 0.904. The van der Waals surface area contributed by atoms with Gasteiger partial charge < -0.3 is 24.8 Å². The van der Waals surface area contributed by atoms with Crippen LogP contribution in [0.3, 0.4) is 0 Å². The molecule has 29 heavy (non-hydrogen) atoms. The van der Waals surface area contributed by atoms with E-state index in [0.717, 1.165) is 37.2 Å². The van der Waals surface area contributed by atoms with Crippen molar-refractivity contribution in [2.24, 2.45) is 11.8 Å². The summed E-state index contributed by atoms with van der Waals surface area (Å²) in [6.45, 7) is 3.50. The number of likely N-dealkylation sites (tertiary alicyclic amines) is 1. The Morgan fingerprint density at radius 1 is 1.21 bits per heavy atom. The average Bonchev–Trinajstić information content (AvgIpc) is 3.24. The molecule has 0 aromatic heterocycles. The van der Waals surface area contributed by atoms with E-state index in [-0.39, 0.29) is 29.8 Å². The topological polar surface area (TPSA) is 88.1 Å². The SMILES string of the molecule is CCC1CCC(OC(=O)N2CC[C@H](C(=O)NCc3ccc(O)c(OC)c3)C2)CC1. The van der Waals surface area contributed by atoms with Crippen molar-refractivity contribution in [3.8, 4) is 11.5 Å². The lowest BCUT2D eigenvalue weighted by Crippen LogP contribution is -2.36. The molecule has 2 N–H and O–H groups in total. The minimum absolute atomic E-state index is 0.0163. The van der Waals surface area contributed by atoms with Crippen molar-refractivity contribution in [1.29, 1.82) is 0 Å². The van der Waals surface area contributed by atoms with E-state index < -0.39 is 0 Å². The molecule has 1 heterocycles. The number of phenolic OH excluding ortho intramolecular Hbond substituents is 1. The van der Waals surface area contributed by atoms with E-state index in [1.54, 1.807) is 23.1 Å².